The largest absolute Gasteiger partial charge is 0.350 e. The van der Waals surface area contributed by atoms with Crippen molar-refractivity contribution >= 4 is 18.1 Å². The molecule has 0 fully saturated rings. The molecule has 7 heteroatoms. The number of imidazole rings is 1. The topological polar surface area (TPSA) is 49.8 Å². The van der Waals surface area contributed by atoms with E-state index in [2.05, 4.69) is 10.3 Å². The maximum absolute atomic E-state index is 13.6. The fourth-order valence-electron chi connectivity index (χ4n) is 2.53. The summed E-state index contributed by atoms with van der Waals surface area (Å²) in [7, 11) is 0. The number of H-pyrrole nitrogens is 1. The lowest BCUT2D eigenvalue weighted by Gasteiger charge is -2.10. The van der Waals surface area contributed by atoms with Crippen LogP contribution in [0.4, 0.5) is 8.78 Å². The Kier molecular flexibility index (Phi) is 5.04. The van der Waals surface area contributed by atoms with Crippen molar-refractivity contribution in [2.75, 3.05) is 6.54 Å². The van der Waals surface area contributed by atoms with Crippen LogP contribution in [0.2, 0.25) is 0 Å². The minimum absolute atomic E-state index is 0.0447. The predicted molar refractivity (Wildman–Crippen MR) is 93.3 cm³/mol. The number of hydrogen-bond acceptors (Lipinski definition) is 2. The molecular weight excluding hydrogens is 344 g/mol. The molecule has 1 amide bonds. The van der Waals surface area contributed by atoms with Crippen molar-refractivity contribution in [3.8, 4) is 5.69 Å². The highest BCUT2D eigenvalue weighted by atomic mass is 32.1. The summed E-state index contributed by atoms with van der Waals surface area (Å²) in [6.45, 7) is 0.101. The fraction of sp³-hybridized carbons (Fsp3) is 0.111. The zero-order valence-electron chi connectivity index (χ0n) is 13.1. The maximum Gasteiger partial charge on any atom is 0.269 e. The molecule has 128 valence electrons. The van der Waals surface area contributed by atoms with Crippen LogP contribution >= 0.6 is 12.2 Å². The molecule has 0 aliphatic carbocycles. The van der Waals surface area contributed by atoms with Crippen LogP contribution < -0.4 is 5.32 Å². The smallest absolute Gasteiger partial charge is 0.269 e. The Morgan fingerprint density at radius 3 is 2.44 bits per heavy atom. The minimum atomic E-state index is -0.622. The molecule has 2 aromatic carbocycles. The van der Waals surface area contributed by atoms with Gasteiger partial charge < -0.3 is 10.3 Å². The summed E-state index contributed by atoms with van der Waals surface area (Å²) in [4.78, 5) is 15.3. The second-order valence-corrected chi connectivity index (χ2v) is 5.74. The average Bonchev–Trinajstić information content (AvgIpc) is 3.00. The number of carbonyl (C=O) groups excluding carboxylic acids is 1. The third-order valence-electron chi connectivity index (χ3n) is 3.75. The molecule has 25 heavy (non-hydrogen) atoms. The Morgan fingerprint density at radius 2 is 1.76 bits per heavy atom. The van der Waals surface area contributed by atoms with Crippen molar-refractivity contribution in [3.05, 3.63) is 82.4 Å². The van der Waals surface area contributed by atoms with Crippen molar-refractivity contribution in [1.29, 1.82) is 0 Å². The lowest BCUT2D eigenvalue weighted by Crippen LogP contribution is -2.28. The van der Waals surface area contributed by atoms with Gasteiger partial charge in [-0.3, -0.25) is 9.36 Å². The first-order chi connectivity index (χ1) is 12.1. The summed E-state index contributed by atoms with van der Waals surface area (Å²) in [6.07, 6.45) is 1.56. The van der Waals surface area contributed by atoms with Crippen LogP contribution in [0, 0.1) is 16.4 Å². The van der Waals surface area contributed by atoms with E-state index in [-0.39, 0.29) is 24.4 Å². The summed E-state index contributed by atoms with van der Waals surface area (Å²) in [6, 6.07) is 12.9. The summed E-state index contributed by atoms with van der Waals surface area (Å²) in [5, 5.41) is 2.67. The molecule has 2 N–H and O–H groups in total. The number of hydrogen-bond donors (Lipinski definition) is 2. The first-order valence-electron chi connectivity index (χ1n) is 7.65. The minimum Gasteiger partial charge on any atom is -0.350 e. The van der Waals surface area contributed by atoms with Crippen molar-refractivity contribution in [1.82, 2.24) is 14.9 Å². The number of amides is 1. The molecular formula is C18H15F2N3OS. The van der Waals surface area contributed by atoms with Crippen LogP contribution in [0.25, 0.3) is 5.69 Å². The maximum atomic E-state index is 13.6. The second kappa shape index (κ2) is 7.40. The molecule has 0 bridgehead atoms. The molecule has 3 aromatic rings. The van der Waals surface area contributed by atoms with Crippen LogP contribution in [-0.4, -0.2) is 22.0 Å². The number of carbonyl (C=O) groups is 1. The van der Waals surface area contributed by atoms with Gasteiger partial charge in [-0.2, -0.15) is 0 Å². The van der Waals surface area contributed by atoms with E-state index in [0.717, 1.165) is 5.69 Å². The number of nitrogens with one attached hydrogen (secondary N) is 2. The highest BCUT2D eigenvalue weighted by Gasteiger charge is 2.15. The summed E-state index contributed by atoms with van der Waals surface area (Å²) in [5.74, 6) is -1.63. The molecule has 0 aliphatic rings. The van der Waals surface area contributed by atoms with E-state index < -0.39 is 11.6 Å². The molecule has 0 saturated carbocycles. The van der Waals surface area contributed by atoms with E-state index in [9.17, 15) is 13.6 Å². The Labute approximate surface area is 148 Å². The van der Waals surface area contributed by atoms with Gasteiger partial charge in [0.05, 0.1) is 0 Å². The van der Waals surface area contributed by atoms with Crippen molar-refractivity contribution in [2.45, 2.75) is 6.42 Å². The number of halogens is 2. The molecule has 1 heterocycles. The summed E-state index contributed by atoms with van der Waals surface area (Å²) in [5.41, 5.74) is 1.03. The fourth-order valence-corrected chi connectivity index (χ4v) is 2.79. The molecule has 0 aliphatic heterocycles. The first-order valence-corrected chi connectivity index (χ1v) is 8.05. The molecule has 3 rings (SSSR count). The summed E-state index contributed by atoms with van der Waals surface area (Å²) < 4.78 is 29.2. The molecule has 0 spiro atoms. The molecule has 1 aromatic heterocycles. The molecule has 0 atom stereocenters. The van der Waals surface area contributed by atoms with E-state index >= 15 is 0 Å². The normalized spacial score (nSPS) is 10.6. The Bertz CT molecular complexity index is 930. The van der Waals surface area contributed by atoms with E-state index in [1.165, 1.54) is 24.4 Å². The van der Waals surface area contributed by atoms with Gasteiger partial charge in [-0.05, 0) is 42.9 Å². The zero-order chi connectivity index (χ0) is 17.8. The lowest BCUT2D eigenvalue weighted by atomic mass is 10.1. The molecule has 0 unspecified atom stereocenters. The van der Waals surface area contributed by atoms with Gasteiger partial charge in [0.15, 0.2) is 4.77 Å². The monoisotopic (exact) mass is 359 g/mol. The van der Waals surface area contributed by atoms with Crippen molar-refractivity contribution < 1.29 is 13.6 Å². The van der Waals surface area contributed by atoms with Crippen LogP contribution in [0.5, 0.6) is 0 Å². The lowest BCUT2D eigenvalue weighted by molar-refractivity contribution is 0.0947. The standard InChI is InChI=1S/C18H15F2N3OS/c19-14-7-4-8-15(20)13(14)9-10-21-17(24)16-11-22-18(25)23(16)12-5-2-1-3-6-12/h1-8,11H,9-10H2,(H,21,24)(H,22,25). The zero-order valence-corrected chi connectivity index (χ0v) is 13.9. The first kappa shape index (κ1) is 17.0. The predicted octanol–water partition coefficient (Wildman–Crippen LogP) is 3.79. The highest BCUT2D eigenvalue weighted by molar-refractivity contribution is 7.71. The Hall–Kier alpha value is -2.80. The van der Waals surface area contributed by atoms with Gasteiger partial charge in [0.25, 0.3) is 5.91 Å². The third-order valence-corrected chi connectivity index (χ3v) is 4.05. The average molecular weight is 359 g/mol. The van der Waals surface area contributed by atoms with Crippen LogP contribution in [0.15, 0.2) is 54.7 Å². The van der Waals surface area contributed by atoms with Gasteiger partial charge in [0.1, 0.15) is 17.3 Å². The van der Waals surface area contributed by atoms with Crippen molar-refractivity contribution in [3.63, 3.8) is 0 Å². The quantitative estimate of drug-likeness (QED) is 0.681. The number of aromatic amines is 1. The summed E-state index contributed by atoms with van der Waals surface area (Å²) >= 11 is 5.23. The van der Waals surface area contributed by atoms with Crippen LogP contribution in [-0.2, 0) is 6.42 Å². The number of nitrogens with zero attached hydrogens (tertiary/aromatic N) is 1. The number of aromatic nitrogens is 2. The van der Waals surface area contributed by atoms with Gasteiger partial charge in [-0.1, -0.05) is 24.3 Å². The van der Waals surface area contributed by atoms with E-state index in [4.69, 9.17) is 12.2 Å². The van der Waals surface area contributed by atoms with Gasteiger partial charge in [-0.15, -0.1) is 0 Å². The van der Waals surface area contributed by atoms with Gasteiger partial charge >= 0.3 is 0 Å². The number of para-hydroxylation sites is 1. The van der Waals surface area contributed by atoms with E-state index in [0.29, 0.717) is 10.5 Å². The van der Waals surface area contributed by atoms with Gasteiger partial charge in [-0.25, -0.2) is 8.78 Å². The Balaban J connectivity index is 1.74. The van der Waals surface area contributed by atoms with Crippen LogP contribution in [0.3, 0.4) is 0 Å². The van der Waals surface area contributed by atoms with Crippen molar-refractivity contribution in [2.24, 2.45) is 0 Å². The SMILES string of the molecule is O=C(NCCc1c(F)cccc1F)c1c[nH]c(=S)n1-c1ccccc1. The Morgan fingerprint density at radius 1 is 1.08 bits per heavy atom. The molecule has 0 radical (unpaired) electrons. The highest BCUT2D eigenvalue weighted by Crippen LogP contribution is 2.14. The van der Waals surface area contributed by atoms with Crippen LogP contribution in [0.1, 0.15) is 16.1 Å². The number of benzene rings is 2. The molecule has 0 saturated heterocycles. The number of rotatable bonds is 5. The van der Waals surface area contributed by atoms with Gasteiger partial charge in [0, 0.05) is 24.0 Å². The third kappa shape index (κ3) is 3.66. The molecule has 4 nitrogen and oxygen atoms in total. The second-order valence-electron chi connectivity index (χ2n) is 5.36. The van der Waals surface area contributed by atoms with Gasteiger partial charge in [0.2, 0.25) is 0 Å². The van der Waals surface area contributed by atoms with E-state index in [1.807, 2.05) is 30.3 Å². The van der Waals surface area contributed by atoms with E-state index in [1.54, 1.807) is 4.57 Å².